The fourth-order valence-electron chi connectivity index (χ4n) is 3.73. The lowest BCUT2D eigenvalue weighted by molar-refractivity contribution is -0.150. The van der Waals surface area contributed by atoms with E-state index in [0.717, 1.165) is 11.1 Å². The summed E-state index contributed by atoms with van der Waals surface area (Å²) in [7, 11) is 1.37. The Balaban J connectivity index is 1.80. The van der Waals surface area contributed by atoms with Crippen LogP contribution in [-0.4, -0.2) is 19.1 Å². The first kappa shape index (κ1) is 15.4. The van der Waals surface area contributed by atoms with E-state index in [-0.39, 0.29) is 29.8 Å². The van der Waals surface area contributed by atoms with Gasteiger partial charge in [-0.1, -0.05) is 41.9 Å². The van der Waals surface area contributed by atoms with Crippen LogP contribution in [0.25, 0.3) is 0 Å². The molecule has 124 valence electrons. The van der Waals surface area contributed by atoms with Crippen LogP contribution in [0.15, 0.2) is 42.5 Å². The first-order valence-corrected chi connectivity index (χ1v) is 8.12. The molecular weight excluding hydrogens is 331 g/mol. The molecule has 4 unspecified atom stereocenters. The zero-order valence-electron chi connectivity index (χ0n) is 12.9. The molecule has 0 saturated carbocycles. The SMILES string of the molecule is COC(=O)C1NC2c3cc(Cl)cc(F)c3NC(c3ccccc3)C12. The van der Waals surface area contributed by atoms with Crippen LogP contribution in [0.5, 0.6) is 0 Å². The summed E-state index contributed by atoms with van der Waals surface area (Å²) in [5.41, 5.74) is 2.19. The Morgan fingerprint density at radius 3 is 2.67 bits per heavy atom. The number of carbonyl (C=O) groups excluding carboxylic acids is 1. The number of fused-ring (bicyclic) bond motifs is 3. The average molecular weight is 347 g/mol. The van der Waals surface area contributed by atoms with Gasteiger partial charge in [-0.2, -0.15) is 0 Å². The second kappa shape index (κ2) is 5.76. The molecule has 0 amide bonds. The smallest absolute Gasteiger partial charge is 0.323 e. The lowest BCUT2D eigenvalue weighted by Gasteiger charge is -2.52. The van der Waals surface area contributed by atoms with Gasteiger partial charge in [-0.25, -0.2) is 4.39 Å². The number of hydrogen-bond donors (Lipinski definition) is 2. The monoisotopic (exact) mass is 346 g/mol. The maximum Gasteiger partial charge on any atom is 0.323 e. The Kier molecular flexibility index (Phi) is 3.70. The third-order valence-corrected chi connectivity index (χ3v) is 5.07. The van der Waals surface area contributed by atoms with Crippen LogP contribution in [0.4, 0.5) is 10.1 Å². The van der Waals surface area contributed by atoms with E-state index in [9.17, 15) is 9.18 Å². The van der Waals surface area contributed by atoms with Gasteiger partial charge in [0.1, 0.15) is 11.9 Å². The van der Waals surface area contributed by atoms with Crippen LogP contribution < -0.4 is 10.6 Å². The van der Waals surface area contributed by atoms with Gasteiger partial charge in [0.05, 0.1) is 18.8 Å². The predicted molar refractivity (Wildman–Crippen MR) is 89.4 cm³/mol. The second-order valence-corrected chi connectivity index (χ2v) is 6.54. The third-order valence-electron chi connectivity index (χ3n) is 4.85. The molecule has 0 spiro atoms. The number of methoxy groups -OCH3 is 1. The molecule has 0 radical (unpaired) electrons. The molecule has 6 heteroatoms. The lowest BCUT2D eigenvalue weighted by Crippen LogP contribution is -2.64. The quantitative estimate of drug-likeness (QED) is 0.818. The van der Waals surface area contributed by atoms with Crippen molar-refractivity contribution in [2.24, 2.45) is 5.92 Å². The number of anilines is 1. The van der Waals surface area contributed by atoms with Crippen LogP contribution in [-0.2, 0) is 9.53 Å². The Bertz CT molecular complexity index is 799. The maximum absolute atomic E-state index is 14.4. The fraction of sp³-hybridized carbons (Fsp3) is 0.278. The van der Waals surface area contributed by atoms with Crippen molar-refractivity contribution in [3.8, 4) is 0 Å². The Labute approximate surface area is 144 Å². The fourth-order valence-corrected chi connectivity index (χ4v) is 3.95. The lowest BCUT2D eigenvalue weighted by atomic mass is 9.69. The summed E-state index contributed by atoms with van der Waals surface area (Å²) in [5.74, 6) is -0.782. The number of carbonyl (C=O) groups is 1. The summed E-state index contributed by atoms with van der Waals surface area (Å²) in [6.07, 6.45) is 0. The van der Waals surface area contributed by atoms with E-state index in [4.69, 9.17) is 16.3 Å². The van der Waals surface area contributed by atoms with Crippen LogP contribution >= 0.6 is 11.6 Å². The number of nitrogens with one attached hydrogen (secondary N) is 2. The largest absolute Gasteiger partial charge is 0.468 e. The van der Waals surface area contributed by atoms with Crippen LogP contribution in [0, 0.1) is 11.7 Å². The van der Waals surface area contributed by atoms with Gasteiger partial charge in [0.25, 0.3) is 0 Å². The van der Waals surface area contributed by atoms with Crippen molar-refractivity contribution in [3.05, 3.63) is 64.4 Å². The van der Waals surface area contributed by atoms with Crippen LogP contribution in [0.1, 0.15) is 23.2 Å². The van der Waals surface area contributed by atoms with Crippen LogP contribution in [0.3, 0.4) is 0 Å². The van der Waals surface area contributed by atoms with Crippen molar-refractivity contribution < 1.29 is 13.9 Å². The van der Waals surface area contributed by atoms with Gasteiger partial charge < -0.3 is 10.1 Å². The van der Waals surface area contributed by atoms with E-state index in [1.54, 1.807) is 6.07 Å². The highest BCUT2D eigenvalue weighted by Gasteiger charge is 2.53. The number of halogens is 2. The second-order valence-electron chi connectivity index (χ2n) is 6.11. The molecule has 2 heterocycles. The molecule has 1 fully saturated rings. The molecule has 2 aromatic rings. The molecule has 2 N–H and O–H groups in total. The van der Waals surface area contributed by atoms with E-state index in [1.807, 2.05) is 30.3 Å². The van der Waals surface area contributed by atoms with Gasteiger partial charge in [0.2, 0.25) is 0 Å². The molecular formula is C18H16ClFN2O2. The van der Waals surface area contributed by atoms with E-state index in [0.29, 0.717) is 10.7 Å². The highest BCUT2D eigenvalue weighted by atomic mass is 35.5. The molecule has 2 aliphatic heterocycles. The minimum atomic E-state index is -0.437. The van der Waals surface area contributed by atoms with Crippen molar-refractivity contribution in [2.45, 2.75) is 18.1 Å². The zero-order valence-corrected chi connectivity index (χ0v) is 13.7. The topological polar surface area (TPSA) is 50.4 Å². The average Bonchev–Trinajstić information content (AvgIpc) is 2.55. The maximum atomic E-state index is 14.4. The van der Waals surface area contributed by atoms with E-state index in [1.165, 1.54) is 13.2 Å². The summed E-state index contributed by atoms with van der Waals surface area (Å²) < 4.78 is 19.3. The summed E-state index contributed by atoms with van der Waals surface area (Å²) in [6, 6.07) is 12.0. The minimum absolute atomic E-state index is 0.0785. The van der Waals surface area contributed by atoms with E-state index < -0.39 is 6.04 Å². The number of benzene rings is 2. The first-order valence-electron chi connectivity index (χ1n) is 7.74. The molecule has 24 heavy (non-hydrogen) atoms. The van der Waals surface area contributed by atoms with Crippen molar-refractivity contribution >= 4 is 23.3 Å². The molecule has 2 aliphatic rings. The normalized spacial score (nSPS) is 27.3. The highest BCUT2D eigenvalue weighted by Crippen LogP contribution is 2.51. The van der Waals surface area contributed by atoms with Crippen molar-refractivity contribution in [2.75, 3.05) is 12.4 Å². The number of rotatable bonds is 2. The molecule has 4 atom stereocenters. The Hall–Kier alpha value is -2.11. The van der Waals surface area contributed by atoms with Gasteiger partial charge in [-0.15, -0.1) is 0 Å². The van der Waals surface area contributed by atoms with Gasteiger partial charge in [-0.05, 0) is 23.3 Å². The molecule has 0 bridgehead atoms. The number of ether oxygens (including phenoxy) is 1. The van der Waals surface area contributed by atoms with Crippen molar-refractivity contribution in [1.82, 2.24) is 5.32 Å². The van der Waals surface area contributed by atoms with Gasteiger partial charge in [0, 0.05) is 17.0 Å². The number of esters is 1. The molecule has 0 aromatic heterocycles. The Morgan fingerprint density at radius 2 is 1.96 bits per heavy atom. The van der Waals surface area contributed by atoms with Gasteiger partial charge in [0.15, 0.2) is 0 Å². The molecule has 2 aromatic carbocycles. The van der Waals surface area contributed by atoms with E-state index in [2.05, 4.69) is 10.6 Å². The standard InChI is InChI=1S/C18H16ClFN2O2/c1-24-18(23)17-13-14(9-5-3-2-4-6-9)21-15-11(16(13)22-17)7-10(19)8-12(15)20/h2-8,13-14,16-17,21-22H,1H3. The van der Waals surface area contributed by atoms with E-state index >= 15 is 0 Å². The summed E-state index contributed by atoms with van der Waals surface area (Å²) in [6.45, 7) is 0. The third kappa shape index (κ3) is 2.27. The zero-order chi connectivity index (χ0) is 16.8. The van der Waals surface area contributed by atoms with Crippen LogP contribution in [0.2, 0.25) is 5.02 Å². The number of hydrogen-bond acceptors (Lipinski definition) is 4. The summed E-state index contributed by atoms with van der Waals surface area (Å²) >= 11 is 6.01. The molecule has 4 rings (SSSR count). The first-order chi connectivity index (χ1) is 11.6. The van der Waals surface area contributed by atoms with Crippen molar-refractivity contribution in [1.29, 1.82) is 0 Å². The molecule has 4 nitrogen and oxygen atoms in total. The van der Waals surface area contributed by atoms with Gasteiger partial charge >= 0.3 is 5.97 Å². The van der Waals surface area contributed by atoms with Crippen molar-refractivity contribution in [3.63, 3.8) is 0 Å². The summed E-state index contributed by atoms with van der Waals surface area (Å²) in [5, 5.41) is 6.81. The highest BCUT2D eigenvalue weighted by molar-refractivity contribution is 6.30. The minimum Gasteiger partial charge on any atom is -0.468 e. The Morgan fingerprint density at radius 1 is 1.21 bits per heavy atom. The predicted octanol–water partition coefficient (Wildman–Crippen LogP) is 3.45. The molecule has 1 saturated heterocycles. The van der Waals surface area contributed by atoms with Gasteiger partial charge in [-0.3, -0.25) is 10.1 Å². The molecule has 0 aliphatic carbocycles. The summed E-state index contributed by atoms with van der Waals surface area (Å²) in [4.78, 5) is 12.1.